The zero-order valence-electron chi connectivity index (χ0n) is 17.0. The Morgan fingerprint density at radius 3 is 2.44 bits per heavy atom. The van der Waals surface area contributed by atoms with Crippen molar-refractivity contribution in [2.45, 2.75) is 12.6 Å². The van der Waals surface area contributed by atoms with Gasteiger partial charge in [0.2, 0.25) is 5.76 Å². The minimum atomic E-state index is -0.667. The first-order chi connectivity index (χ1) is 15.5. The van der Waals surface area contributed by atoms with Crippen molar-refractivity contribution < 1.29 is 19.1 Å². The van der Waals surface area contributed by atoms with E-state index in [9.17, 15) is 14.7 Å². The van der Waals surface area contributed by atoms with Gasteiger partial charge >= 0.3 is 0 Å². The molecule has 6 nitrogen and oxygen atoms in total. The van der Waals surface area contributed by atoms with Gasteiger partial charge in [-0.2, -0.15) is 0 Å². The van der Waals surface area contributed by atoms with Gasteiger partial charge in [0.1, 0.15) is 17.1 Å². The fraction of sp³-hybridized carbons (Fsp3) is 0.120. The summed E-state index contributed by atoms with van der Waals surface area (Å²) in [4.78, 5) is 28.5. The Morgan fingerprint density at radius 2 is 1.75 bits per heavy atom. The third-order valence-corrected chi connectivity index (χ3v) is 5.88. The summed E-state index contributed by atoms with van der Waals surface area (Å²) in [5.74, 6) is 0.455. The van der Waals surface area contributed by atoms with E-state index >= 15 is 0 Å². The fourth-order valence-corrected chi connectivity index (χ4v) is 4.26. The van der Waals surface area contributed by atoms with Crippen LogP contribution >= 0.6 is 11.6 Å². The van der Waals surface area contributed by atoms with Crippen LogP contribution in [0.4, 0.5) is 0 Å². The summed E-state index contributed by atoms with van der Waals surface area (Å²) >= 11 is 6.11. The summed E-state index contributed by atoms with van der Waals surface area (Å²) in [6.45, 7) is 0.259. The lowest BCUT2D eigenvalue weighted by Gasteiger charge is -2.25. The fourth-order valence-electron chi connectivity index (χ4n) is 4.09. The monoisotopic (exact) mass is 447 g/mol. The van der Waals surface area contributed by atoms with E-state index < -0.39 is 6.04 Å². The van der Waals surface area contributed by atoms with E-state index in [-0.39, 0.29) is 35.0 Å². The summed E-state index contributed by atoms with van der Waals surface area (Å²) in [6.07, 6.45) is 0. The number of phenolic OH excluding ortho intramolecular Hbond substituents is 1. The Labute approximate surface area is 188 Å². The summed E-state index contributed by atoms with van der Waals surface area (Å²) in [5.41, 5.74) is 1.84. The number of carbonyl (C=O) groups excluding carboxylic acids is 1. The van der Waals surface area contributed by atoms with Crippen molar-refractivity contribution in [3.8, 4) is 11.5 Å². The number of hydrogen-bond acceptors (Lipinski definition) is 5. The number of methoxy groups -OCH3 is 1. The maximum absolute atomic E-state index is 13.5. The molecule has 160 valence electrons. The Hall–Kier alpha value is -3.77. The van der Waals surface area contributed by atoms with E-state index in [1.54, 1.807) is 42.3 Å². The van der Waals surface area contributed by atoms with Gasteiger partial charge in [-0.05, 0) is 53.6 Å². The molecule has 0 spiro atoms. The van der Waals surface area contributed by atoms with E-state index in [0.29, 0.717) is 27.3 Å². The maximum Gasteiger partial charge on any atom is 0.291 e. The molecule has 1 aliphatic rings. The van der Waals surface area contributed by atoms with Crippen LogP contribution in [0.15, 0.2) is 75.9 Å². The molecule has 4 aromatic rings. The molecular weight excluding hydrogens is 430 g/mol. The number of amides is 1. The number of ether oxygens (including phenoxy) is 1. The SMILES string of the molecule is COc1ccc(CN2C(=O)c3oc4ccc(Cl)cc4c(=O)c3C2c2ccc(O)cc2)cc1. The molecule has 5 rings (SSSR count). The van der Waals surface area contributed by atoms with Crippen LogP contribution in [0.3, 0.4) is 0 Å². The first-order valence-corrected chi connectivity index (χ1v) is 10.3. The summed E-state index contributed by atoms with van der Waals surface area (Å²) in [7, 11) is 1.59. The van der Waals surface area contributed by atoms with Gasteiger partial charge in [-0.25, -0.2) is 0 Å². The molecule has 1 N–H and O–H groups in total. The number of halogens is 1. The third-order valence-electron chi connectivity index (χ3n) is 5.65. The predicted octanol–water partition coefficient (Wildman–Crippen LogP) is 4.91. The largest absolute Gasteiger partial charge is 0.508 e. The van der Waals surface area contributed by atoms with Crippen molar-refractivity contribution in [2.24, 2.45) is 0 Å². The van der Waals surface area contributed by atoms with Crippen molar-refractivity contribution in [2.75, 3.05) is 7.11 Å². The second-order valence-electron chi connectivity index (χ2n) is 7.59. The topological polar surface area (TPSA) is 80.0 Å². The van der Waals surface area contributed by atoms with Gasteiger partial charge in [0.15, 0.2) is 5.43 Å². The second kappa shape index (κ2) is 7.73. The highest BCUT2D eigenvalue weighted by Gasteiger charge is 2.42. The Kier molecular flexibility index (Phi) is 4.87. The van der Waals surface area contributed by atoms with Crippen molar-refractivity contribution in [1.82, 2.24) is 4.90 Å². The molecule has 0 aliphatic carbocycles. The summed E-state index contributed by atoms with van der Waals surface area (Å²) in [6, 6.07) is 17.9. The number of rotatable bonds is 4. The van der Waals surface area contributed by atoms with Gasteiger partial charge in [-0.15, -0.1) is 0 Å². The molecule has 0 bridgehead atoms. The van der Waals surface area contributed by atoms with Gasteiger partial charge in [0.25, 0.3) is 5.91 Å². The maximum atomic E-state index is 13.5. The van der Waals surface area contributed by atoms with Crippen molar-refractivity contribution in [3.63, 3.8) is 0 Å². The molecule has 1 atom stereocenters. The summed E-state index contributed by atoms with van der Waals surface area (Å²) in [5, 5.41) is 10.5. The van der Waals surface area contributed by atoms with Crippen LogP contribution in [0.1, 0.15) is 33.3 Å². The highest BCUT2D eigenvalue weighted by molar-refractivity contribution is 6.31. The molecule has 1 unspecified atom stereocenters. The number of hydrogen-bond donors (Lipinski definition) is 1. The van der Waals surface area contributed by atoms with Gasteiger partial charge in [-0.1, -0.05) is 35.9 Å². The molecule has 32 heavy (non-hydrogen) atoms. The van der Waals surface area contributed by atoms with E-state index in [2.05, 4.69) is 0 Å². The number of benzene rings is 3. The molecule has 0 saturated heterocycles. The highest BCUT2D eigenvalue weighted by Crippen LogP contribution is 2.39. The van der Waals surface area contributed by atoms with Crippen LogP contribution in [0.25, 0.3) is 11.0 Å². The highest BCUT2D eigenvalue weighted by atomic mass is 35.5. The van der Waals surface area contributed by atoms with Gasteiger partial charge in [0.05, 0.1) is 24.1 Å². The third kappa shape index (κ3) is 3.29. The number of aromatic hydroxyl groups is 1. The lowest BCUT2D eigenvalue weighted by molar-refractivity contribution is 0.0714. The lowest BCUT2D eigenvalue weighted by atomic mass is 9.98. The smallest absolute Gasteiger partial charge is 0.291 e. The normalized spacial score (nSPS) is 15.2. The average Bonchev–Trinajstić information content (AvgIpc) is 3.07. The minimum absolute atomic E-state index is 0.0245. The number of carbonyl (C=O) groups is 1. The van der Waals surface area contributed by atoms with Gasteiger partial charge in [0, 0.05) is 11.6 Å². The van der Waals surface area contributed by atoms with Crippen LogP contribution in [0.2, 0.25) is 5.02 Å². The van der Waals surface area contributed by atoms with Crippen LogP contribution in [0, 0.1) is 0 Å². The van der Waals surface area contributed by atoms with Crippen LogP contribution in [0.5, 0.6) is 11.5 Å². The second-order valence-corrected chi connectivity index (χ2v) is 8.03. The van der Waals surface area contributed by atoms with E-state index in [1.165, 1.54) is 12.1 Å². The molecule has 2 heterocycles. The van der Waals surface area contributed by atoms with Crippen LogP contribution in [-0.4, -0.2) is 23.0 Å². The molecule has 1 aromatic heterocycles. The van der Waals surface area contributed by atoms with E-state index in [4.69, 9.17) is 20.8 Å². The Morgan fingerprint density at radius 1 is 1.03 bits per heavy atom. The molecular formula is C25H18ClNO5. The standard InChI is InChI=1S/C25H18ClNO5/c1-31-18-9-2-14(3-10-18)13-27-22(15-4-7-17(28)8-5-15)21-23(29)19-12-16(26)6-11-20(19)32-24(21)25(27)30/h2-12,22,28H,13H2,1H3. The number of fused-ring (bicyclic) bond motifs is 2. The van der Waals surface area contributed by atoms with Crippen molar-refractivity contribution >= 4 is 28.5 Å². The van der Waals surface area contributed by atoms with E-state index in [1.807, 2.05) is 24.3 Å². The first kappa shape index (κ1) is 20.2. The first-order valence-electron chi connectivity index (χ1n) is 9.95. The Bertz CT molecular complexity index is 1390. The molecule has 3 aromatic carbocycles. The zero-order chi connectivity index (χ0) is 22.4. The number of nitrogens with zero attached hydrogens (tertiary/aromatic N) is 1. The molecule has 0 fully saturated rings. The van der Waals surface area contributed by atoms with Crippen molar-refractivity contribution in [1.29, 1.82) is 0 Å². The molecule has 0 saturated carbocycles. The minimum Gasteiger partial charge on any atom is -0.508 e. The van der Waals surface area contributed by atoms with Crippen molar-refractivity contribution in [3.05, 3.63) is 104 Å². The van der Waals surface area contributed by atoms with Gasteiger partial charge in [-0.3, -0.25) is 9.59 Å². The molecule has 1 amide bonds. The van der Waals surface area contributed by atoms with Crippen LogP contribution in [-0.2, 0) is 6.54 Å². The zero-order valence-corrected chi connectivity index (χ0v) is 17.8. The molecule has 1 aliphatic heterocycles. The van der Waals surface area contributed by atoms with E-state index in [0.717, 1.165) is 5.56 Å². The summed E-state index contributed by atoms with van der Waals surface area (Å²) < 4.78 is 11.1. The predicted molar refractivity (Wildman–Crippen MR) is 120 cm³/mol. The van der Waals surface area contributed by atoms with Gasteiger partial charge < -0.3 is 19.2 Å². The lowest BCUT2D eigenvalue weighted by Crippen LogP contribution is -2.29. The van der Waals surface area contributed by atoms with Crippen LogP contribution < -0.4 is 10.2 Å². The average molecular weight is 448 g/mol. The quantitative estimate of drug-likeness (QED) is 0.481. The molecule has 0 radical (unpaired) electrons. The Balaban J connectivity index is 1.68. The number of phenols is 1. The molecule has 7 heteroatoms.